The van der Waals surface area contributed by atoms with E-state index in [9.17, 15) is 14.4 Å². The van der Waals surface area contributed by atoms with E-state index in [-0.39, 0.29) is 24.6 Å². The van der Waals surface area contributed by atoms with E-state index in [1.165, 1.54) is 16.8 Å². The van der Waals surface area contributed by atoms with Gasteiger partial charge in [-0.1, -0.05) is 24.3 Å². The Morgan fingerprint density at radius 2 is 1.92 bits per heavy atom. The van der Waals surface area contributed by atoms with Gasteiger partial charge in [0.2, 0.25) is 0 Å². The third kappa shape index (κ3) is 4.38. The number of benzene rings is 1. The largest absolute Gasteiger partial charge is 0.454 e. The lowest BCUT2D eigenvalue weighted by Crippen LogP contribution is -2.32. The fourth-order valence-corrected chi connectivity index (χ4v) is 2.65. The van der Waals surface area contributed by atoms with Crippen molar-refractivity contribution in [3.63, 3.8) is 0 Å². The van der Waals surface area contributed by atoms with Crippen LogP contribution >= 0.6 is 0 Å². The SMILES string of the molecule is O=C(COC(=O)Cn1ccccc1=O)NCCc1c[nH]c2ccccc12. The van der Waals surface area contributed by atoms with Gasteiger partial charge >= 0.3 is 5.97 Å². The zero-order valence-electron chi connectivity index (χ0n) is 14.1. The Balaban J connectivity index is 1.41. The van der Waals surface area contributed by atoms with Crippen molar-refractivity contribution in [2.45, 2.75) is 13.0 Å². The Hall–Kier alpha value is -3.35. The minimum absolute atomic E-state index is 0.220. The number of amides is 1. The highest BCUT2D eigenvalue weighted by Gasteiger charge is 2.09. The first-order valence-electron chi connectivity index (χ1n) is 8.26. The van der Waals surface area contributed by atoms with Crippen molar-refractivity contribution in [1.29, 1.82) is 0 Å². The lowest BCUT2D eigenvalue weighted by Gasteiger charge is -2.07. The number of H-pyrrole nitrogens is 1. The number of nitrogens with one attached hydrogen (secondary N) is 2. The van der Waals surface area contributed by atoms with Gasteiger partial charge in [-0.15, -0.1) is 0 Å². The van der Waals surface area contributed by atoms with Crippen LogP contribution in [0.15, 0.2) is 59.7 Å². The van der Waals surface area contributed by atoms with Gasteiger partial charge in [-0.2, -0.15) is 0 Å². The molecule has 0 aliphatic carbocycles. The Labute approximate surface area is 149 Å². The molecule has 1 amide bonds. The van der Waals surface area contributed by atoms with E-state index >= 15 is 0 Å². The molecule has 26 heavy (non-hydrogen) atoms. The molecule has 7 heteroatoms. The molecule has 7 nitrogen and oxygen atoms in total. The Morgan fingerprint density at radius 1 is 1.12 bits per heavy atom. The maximum absolute atomic E-state index is 11.8. The lowest BCUT2D eigenvalue weighted by molar-refractivity contribution is -0.149. The molecule has 1 aromatic carbocycles. The van der Waals surface area contributed by atoms with Gasteiger partial charge in [0.1, 0.15) is 6.54 Å². The molecule has 2 heterocycles. The molecule has 0 saturated carbocycles. The van der Waals surface area contributed by atoms with Crippen molar-refractivity contribution in [3.05, 3.63) is 70.8 Å². The first kappa shape index (κ1) is 17.5. The normalized spacial score (nSPS) is 10.6. The number of aromatic amines is 1. The molecule has 0 aliphatic heterocycles. The van der Waals surface area contributed by atoms with E-state index in [0.717, 1.165) is 16.5 Å². The third-order valence-electron chi connectivity index (χ3n) is 3.95. The molecule has 0 saturated heterocycles. The monoisotopic (exact) mass is 353 g/mol. The van der Waals surface area contributed by atoms with Crippen LogP contribution in [-0.2, 0) is 27.3 Å². The van der Waals surface area contributed by atoms with E-state index in [0.29, 0.717) is 13.0 Å². The quantitative estimate of drug-likeness (QED) is 0.625. The summed E-state index contributed by atoms with van der Waals surface area (Å²) in [6.45, 7) is -0.146. The molecule has 134 valence electrons. The molecule has 0 unspecified atom stereocenters. The summed E-state index contributed by atoms with van der Waals surface area (Å²) in [4.78, 5) is 38.2. The second-order valence-corrected chi connectivity index (χ2v) is 5.79. The molecule has 0 spiro atoms. The van der Waals surface area contributed by atoms with Gasteiger partial charge < -0.3 is 19.6 Å². The lowest BCUT2D eigenvalue weighted by atomic mass is 10.1. The Kier molecular flexibility index (Phi) is 5.48. The molecule has 0 fully saturated rings. The summed E-state index contributed by atoms with van der Waals surface area (Å²) < 4.78 is 6.12. The number of aromatic nitrogens is 2. The third-order valence-corrected chi connectivity index (χ3v) is 3.95. The van der Waals surface area contributed by atoms with Gasteiger partial charge in [-0.3, -0.25) is 14.4 Å². The summed E-state index contributed by atoms with van der Waals surface area (Å²) in [5.41, 5.74) is 1.87. The summed E-state index contributed by atoms with van der Waals surface area (Å²) >= 11 is 0. The molecule has 0 bridgehead atoms. The molecule has 0 aliphatic rings. The minimum Gasteiger partial charge on any atom is -0.454 e. The predicted octanol–water partition coefficient (Wildman–Crippen LogP) is 1.23. The molecule has 0 radical (unpaired) electrons. The molecular formula is C19H19N3O4. The molecule has 0 atom stereocenters. The van der Waals surface area contributed by atoms with Crippen LogP contribution in [0.4, 0.5) is 0 Å². The maximum atomic E-state index is 11.8. The van der Waals surface area contributed by atoms with Crippen LogP contribution < -0.4 is 10.9 Å². The molecule has 2 N–H and O–H groups in total. The average molecular weight is 353 g/mol. The van der Waals surface area contributed by atoms with E-state index in [1.54, 1.807) is 12.1 Å². The second-order valence-electron chi connectivity index (χ2n) is 5.79. The van der Waals surface area contributed by atoms with E-state index < -0.39 is 5.97 Å². The van der Waals surface area contributed by atoms with Crippen molar-refractivity contribution >= 4 is 22.8 Å². The standard InChI is InChI=1S/C19H19N3O4/c23-17(13-26-19(25)12-22-10-4-3-7-18(22)24)20-9-8-14-11-21-16-6-2-1-5-15(14)16/h1-7,10-11,21H,8-9,12-13H2,(H,20,23). The van der Waals surface area contributed by atoms with Crippen molar-refractivity contribution in [2.75, 3.05) is 13.2 Å². The number of nitrogens with zero attached hydrogens (tertiary/aromatic N) is 1. The van der Waals surface area contributed by atoms with Crippen molar-refractivity contribution < 1.29 is 14.3 Å². The smallest absolute Gasteiger partial charge is 0.326 e. The molecule has 3 aromatic rings. The van der Waals surface area contributed by atoms with Gasteiger partial charge in [0.25, 0.3) is 11.5 Å². The van der Waals surface area contributed by atoms with Gasteiger partial charge in [0, 0.05) is 35.9 Å². The number of fused-ring (bicyclic) bond motifs is 1. The van der Waals surface area contributed by atoms with Crippen LogP contribution in [0.5, 0.6) is 0 Å². The average Bonchev–Trinajstić information content (AvgIpc) is 3.05. The van der Waals surface area contributed by atoms with E-state index in [2.05, 4.69) is 10.3 Å². The van der Waals surface area contributed by atoms with Crippen LogP contribution in [0.2, 0.25) is 0 Å². The summed E-state index contributed by atoms with van der Waals surface area (Å²) in [5, 5.41) is 3.84. The van der Waals surface area contributed by atoms with Gasteiger partial charge in [0.15, 0.2) is 6.61 Å². The Morgan fingerprint density at radius 3 is 2.77 bits per heavy atom. The first-order valence-corrected chi connectivity index (χ1v) is 8.26. The number of carbonyl (C=O) groups excluding carboxylic acids is 2. The number of hydrogen-bond acceptors (Lipinski definition) is 4. The van der Waals surface area contributed by atoms with E-state index in [1.807, 2.05) is 30.5 Å². The van der Waals surface area contributed by atoms with Crippen LogP contribution in [0.1, 0.15) is 5.56 Å². The van der Waals surface area contributed by atoms with Crippen molar-refractivity contribution in [2.24, 2.45) is 0 Å². The Bertz CT molecular complexity index is 974. The highest BCUT2D eigenvalue weighted by Crippen LogP contribution is 2.17. The second kappa shape index (κ2) is 8.15. The van der Waals surface area contributed by atoms with Crippen LogP contribution in [0, 0.1) is 0 Å². The predicted molar refractivity (Wildman–Crippen MR) is 96.7 cm³/mol. The number of pyridine rings is 1. The molecular weight excluding hydrogens is 334 g/mol. The number of esters is 1. The number of hydrogen-bond donors (Lipinski definition) is 2. The van der Waals surface area contributed by atoms with Crippen LogP contribution in [0.25, 0.3) is 10.9 Å². The number of para-hydroxylation sites is 1. The summed E-state index contributed by atoms with van der Waals surface area (Å²) in [7, 11) is 0. The van der Waals surface area contributed by atoms with Crippen LogP contribution in [0.3, 0.4) is 0 Å². The summed E-state index contributed by atoms with van der Waals surface area (Å²) in [6, 6.07) is 12.5. The number of ether oxygens (including phenoxy) is 1. The number of rotatable bonds is 7. The van der Waals surface area contributed by atoms with Gasteiger partial charge in [-0.05, 0) is 24.1 Å². The highest BCUT2D eigenvalue weighted by atomic mass is 16.5. The first-order chi connectivity index (χ1) is 12.6. The number of carbonyl (C=O) groups is 2. The zero-order valence-corrected chi connectivity index (χ0v) is 14.1. The van der Waals surface area contributed by atoms with Gasteiger partial charge in [-0.25, -0.2) is 0 Å². The molecule has 2 aromatic heterocycles. The molecule has 3 rings (SSSR count). The maximum Gasteiger partial charge on any atom is 0.326 e. The summed E-state index contributed by atoms with van der Waals surface area (Å²) in [5.74, 6) is -1.01. The van der Waals surface area contributed by atoms with Crippen molar-refractivity contribution in [3.8, 4) is 0 Å². The topological polar surface area (TPSA) is 93.2 Å². The fourth-order valence-electron chi connectivity index (χ4n) is 2.65. The van der Waals surface area contributed by atoms with E-state index in [4.69, 9.17) is 4.74 Å². The zero-order chi connectivity index (χ0) is 18.4. The fraction of sp³-hybridized carbons (Fsp3) is 0.211. The summed E-state index contributed by atoms with van der Waals surface area (Å²) in [6.07, 6.45) is 4.09. The minimum atomic E-state index is -0.634. The highest BCUT2D eigenvalue weighted by molar-refractivity contribution is 5.83. The van der Waals surface area contributed by atoms with Crippen molar-refractivity contribution in [1.82, 2.24) is 14.9 Å². The van der Waals surface area contributed by atoms with Gasteiger partial charge in [0.05, 0.1) is 0 Å². The van der Waals surface area contributed by atoms with Crippen LogP contribution in [-0.4, -0.2) is 34.6 Å².